The Morgan fingerprint density at radius 2 is 0.895 bits per heavy atom. The molecule has 224 valence electrons. The van der Waals surface area contributed by atoms with Crippen LogP contribution in [0.1, 0.15) is 41.5 Å². The van der Waals surface area contributed by atoms with Gasteiger partial charge in [-0.1, -0.05) is 51.4 Å². The van der Waals surface area contributed by atoms with Crippen LogP contribution in [0.5, 0.6) is 0 Å². The van der Waals surface area contributed by atoms with Crippen molar-refractivity contribution < 1.29 is 35.9 Å². The number of amides is 2. The van der Waals surface area contributed by atoms with E-state index in [1.807, 2.05) is 39.3 Å². The largest absolute Gasteiger partial charge is 0.443 e. The van der Waals surface area contributed by atoms with Gasteiger partial charge in [-0.2, -0.15) is 0 Å². The van der Waals surface area contributed by atoms with Gasteiger partial charge in [-0.05, 0) is 53.6 Å². The Balaban J connectivity index is 5.97. The van der Waals surface area contributed by atoms with Crippen molar-refractivity contribution in [3.05, 3.63) is 12.2 Å². The van der Waals surface area contributed by atoms with Crippen LogP contribution in [0.25, 0.3) is 0 Å². The van der Waals surface area contributed by atoms with Gasteiger partial charge in [-0.3, -0.25) is 0 Å². The third-order valence-electron chi connectivity index (χ3n) is 4.79. The van der Waals surface area contributed by atoms with Gasteiger partial charge in [0.05, 0.1) is 24.6 Å². The van der Waals surface area contributed by atoms with Crippen LogP contribution in [0, 0.1) is 0 Å². The molecule has 2 amide bonds. The Morgan fingerprint density at radius 3 is 1.11 bits per heavy atom. The number of ether oxygens (including phenoxy) is 2. The van der Waals surface area contributed by atoms with Gasteiger partial charge in [0.2, 0.25) is 20.0 Å². The number of carbonyl (C=O) groups is 2. The third kappa shape index (κ3) is 15.9. The number of hydrogen-bond acceptors (Lipinski definition) is 8. The highest BCUT2D eigenvalue weighted by Crippen LogP contribution is 2.19. The molecular weight excluding hydrogens is 565 g/mol. The van der Waals surface area contributed by atoms with Crippen molar-refractivity contribution in [3.63, 3.8) is 0 Å². The lowest BCUT2D eigenvalue weighted by Gasteiger charge is -2.28. The van der Waals surface area contributed by atoms with Crippen LogP contribution in [0.2, 0.25) is 51.4 Å². The summed E-state index contributed by atoms with van der Waals surface area (Å²) in [5, 5.41) is 0. The molecular formula is C24H50N2O8S2Si2. The van der Waals surface area contributed by atoms with Gasteiger partial charge in [0.1, 0.15) is 11.2 Å². The molecule has 0 aromatic rings. The monoisotopic (exact) mass is 614 g/mol. The second-order valence-electron chi connectivity index (χ2n) is 13.7. The minimum atomic E-state index is -4.00. The molecule has 0 fully saturated rings. The predicted octanol–water partition coefficient (Wildman–Crippen LogP) is 5.35. The molecule has 10 nitrogen and oxygen atoms in total. The SMILES string of the molecule is CC(C)(C)OC(=O)N(C/C=C/CN(C(=O)OC(C)(C)C)S(=O)(=O)CC[Si](C)(C)C)S(=O)(=O)CC[Si](C)(C)C. The Labute approximate surface area is 233 Å². The summed E-state index contributed by atoms with van der Waals surface area (Å²) in [6, 6.07) is 0.917. The van der Waals surface area contributed by atoms with Crippen molar-refractivity contribution in [2.75, 3.05) is 24.6 Å². The molecule has 0 aliphatic rings. The molecule has 0 rings (SSSR count). The van der Waals surface area contributed by atoms with Crippen molar-refractivity contribution >= 4 is 48.4 Å². The van der Waals surface area contributed by atoms with Crippen LogP contribution in [0.3, 0.4) is 0 Å². The van der Waals surface area contributed by atoms with Gasteiger partial charge in [0.15, 0.2) is 0 Å². The van der Waals surface area contributed by atoms with Crippen molar-refractivity contribution in [1.29, 1.82) is 0 Å². The molecule has 38 heavy (non-hydrogen) atoms. The normalized spacial score (nSPS) is 13.9. The van der Waals surface area contributed by atoms with E-state index >= 15 is 0 Å². The van der Waals surface area contributed by atoms with Gasteiger partial charge < -0.3 is 9.47 Å². The molecule has 0 aliphatic carbocycles. The van der Waals surface area contributed by atoms with Crippen molar-refractivity contribution in [2.45, 2.75) is 104 Å². The molecule has 14 heteroatoms. The average Bonchev–Trinajstić information content (AvgIpc) is 2.63. The lowest BCUT2D eigenvalue weighted by atomic mass is 10.2. The van der Waals surface area contributed by atoms with E-state index in [-0.39, 0.29) is 24.6 Å². The zero-order valence-electron chi connectivity index (χ0n) is 25.4. The molecule has 0 aromatic heterocycles. The number of sulfonamides is 2. The molecule has 0 saturated carbocycles. The third-order valence-corrected chi connectivity index (χ3v) is 12.4. The van der Waals surface area contributed by atoms with Crippen molar-refractivity contribution in [3.8, 4) is 0 Å². The van der Waals surface area contributed by atoms with Gasteiger partial charge in [-0.25, -0.2) is 35.0 Å². The lowest BCUT2D eigenvalue weighted by molar-refractivity contribution is 0.0387. The Morgan fingerprint density at radius 1 is 0.632 bits per heavy atom. The van der Waals surface area contributed by atoms with E-state index in [0.29, 0.717) is 20.7 Å². The zero-order chi connectivity index (χ0) is 30.4. The maximum absolute atomic E-state index is 13.1. The highest BCUT2D eigenvalue weighted by atomic mass is 32.2. The maximum atomic E-state index is 13.1. The summed E-state index contributed by atoms with van der Waals surface area (Å²) in [7, 11) is -11.4. The molecule has 0 spiro atoms. The molecule has 0 aliphatic heterocycles. The number of rotatable bonds is 12. The van der Waals surface area contributed by atoms with E-state index in [1.165, 1.54) is 12.2 Å². The first-order valence-corrected chi connectivity index (χ1v) is 23.4. The minimum absolute atomic E-state index is 0.203. The Hall–Kier alpha value is -1.39. The van der Waals surface area contributed by atoms with Crippen LogP contribution in [0.15, 0.2) is 12.2 Å². The second-order valence-corrected chi connectivity index (χ2v) is 29.0. The first-order valence-electron chi connectivity index (χ1n) is 12.8. The fourth-order valence-electron chi connectivity index (χ4n) is 2.66. The molecule has 0 heterocycles. The summed E-state index contributed by atoms with van der Waals surface area (Å²) in [6.07, 6.45) is 0.678. The van der Waals surface area contributed by atoms with Gasteiger partial charge in [0, 0.05) is 16.1 Å². The summed E-state index contributed by atoms with van der Waals surface area (Å²) in [6.45, 7) is 21.3. The summed E-state index contributed by atoms with van der Waals surface area (Å²) < 4.78 is 64.2. The predicted molar refractivity (Wildman–Crippen MR) is 159 cm³/mol. The Bertz CT molecular complexity index is 963. The molecule has 0 saturated heterocycles. The quantitative estimate of drug-likeness (QED) is 0.213. The molecule has 0 radical (unpaired) electrons. The Kier molecular flexibility index (Phi) is 12.8. The molecule has 0 bridgehead atoms. The van der Waals surface area contributed by atoms with E-state index in [0.717, 1.165) is 0 Å². The average molecular weight is 615 g/mol. The van der Waals surface area contributed by atoms with Crippen LogP contribution in [-0.4, -0.2) is 89.6 Å². The van der Waals surface area contributed by atoms with E-state index in [1.54, 1.807) is 41.5 Å². The van der Waals surface area contributed by atoms with Crippen molar-refractivity contribution in [1.82, 2.24) is 8.61 Å². The summed E-state index contributed by atoms with van der Waals surface area (Å²) >= 11 is 0. The highest BCUT2D eigenvalue weighted by molar-refractivity contribution is 7.90. The van der Waals surface area contributed by atoms with E-state index in [2.05, 4.69) is 0 Å². The van der Waals surface area contributed by atoms with E-state index in [9.17, 15) is 26.4 Å². The topological polar surface area (TPSA) is 127 Å². The molecule has 0 N–H and O–H groups in total. The molecule has 0 unspecified atom stereocenters. The smallest absolute Gasteiger partial charge is 0.424 e. The fraction of sp³-hybridized carbons (Fsp3) is 0.833. The lowest BCUT2D eigenvalue weighted by Crippen LogP contribution is -2.43. The zero-order valence-corrected chi connectivity index (χ0v) is 29.0. The van der Waals surface area contributed by atoms with Gasteiger partial charge in [0.25, 0.3) is 0 Å². The van der Waals surface area contributed by atoms with E-state index < -0.39 is 59.6 Å². The summed E-state index contributed by atoms with van der Waals surface area (Å²) in [5.74, 6) is -0.407. The van der Waals surface area contributed by atoms with Crippen LogP contribution >= 0.6 is 0 Å². The van der Waals surface area contributed by atoms with E-state index in [4.69, 9.17) is 9.47 Å². The second kappa shape index (κ2) is 13.3. The minimum Gasteiger partial charge on any atom is -0.443 e. The number of carbonyl (C=O) groups excluding carboxylic acids is 2. The summed E-state index contributed by atoms with van der Waals surface area (Å²) in [5.41, 5.74) is -1.82. The first-order chi connectivity index (χ1) is 16.7. The summed E-state index contributed by atoms with van der Waals surface area (Å²) in [4.78, 5) is 25.6. The van der Waals surface area contributed by atoms with Crippen LogP contribution < -0.4 is 0 Å². The van der Waals surface area contributed by atoms with Crippen molar-refractivity contribution in [2.24, 2.45) is 0 Å². The first kappa shape index (κ1) is 36.6. The van der Waals surface area contributed by atoms with Gasteiger partial charge >= 0.3 is 12.2 Å². The van der Waals surface area contributed by atoms with Gasteiger partial charge in [-0.15, -0.1) is 0 Å². The fourth-order valence-corrected chi connectivity index (χ4v) is 11.2. The van der Waals surface area contributed by atoms with Crippen LogP contribution in [-0.2, 0) is 29.5 Å². The van der Waals surface area contributed by atoms with Crippen LogP contribution in [0.4, 0.5) is 9.59 Å². The maximum Gasteiger partial charge on any atom is 0.424 e. The highest BCUT2D eigenvalue weighted by Gasteiger charge is 2.34. The number of nitrogens with zero attached hydrogens (tertiary/aromatic N) is 2. The molecule has 0 atom stereocenters. The number of hydrogen-bond donors (Lipinski definition) is 0. The molecule has 0 aromatic carbocycles. The standard InChI is InChI=1S/C24H50N2O8S2Si2/c1-23(2,3)33-21(27)25(35(29,30)17-19-37(7,8)9)15-13-14-16-26(22(28)34-24(4,5)6)36(31,32)18-20-38(10,11)12/h13-14H,15-20H2,1-12H3/b14-13+.